The number of pyridine rings is 1. The van der Waals surface area contributed by atoms with Gasteiger partial charge in [-0.2, -0.15) is 0 Å². The van der Waals surface area contributed by atoms with E-state index in [1.54, 1.807) is 0 Å². The molecule has 0 bridgehead atoms. The number of amides is 2. The fourth-order valence-corrected chi connectivity index (χ4v) is 4.34. The van der Waals surface area contributed by atoms with Crippen LogP contribution in [-0.4, -0.2) is 87.7 Å². The molecule has 30 heavy (non-hydrogen) atoms. The minimum atomic E-state index is -0.186. The van der Waals surface area contributed by atoms with Crippen LogP contribution in [0.15, 0.2) is 24.4 Å². The Balaban J connectivity index is 1.40. The van der Waals surface area contributed by atoms with Crippen LogP contribution in [0.2, 0.25) is 0 Å². The Morgan fingerprint density at radius 1 is 1.00 bits per heavy atom. The van der Waals surface area contributed by atoms with E-state index >= 15 is 0 Å². The topological polar surface area (TPSA) is 75.7 Å². The van der Waals surface area contributed by atoms with Gasteiger partial charge in [0, 0.05) is 18.0 Å². The number of piperazine rings is 1. The van der Waals surface area contributed by atoms with Crippen LogP contribution in [0.1, 0.15) is 27.2 Å². The van der Waals surface area contributed by atoms with Crippen LogP contribution in [0.3, 0.4) is 0 Å². The van der Waals surface area contributed by atoms with Crippen LogP contribution in [0.4, 0.5) is 5.82 Å². The first-order valence-electron chi connectivity index (χ1n) is 11.3. The number of H-pyrrole nitrogens is 1. The summed E-state index contributed by atoms with van der Waals surface area (Å²) < 4.78 is 0. The molecule has 0 aliphatic carbocycles. The number of nitrogens with one attached hydrogen (secondary N) is 4. The Bertz CT molecular complexity index is 697. The molecule has 2 saturated heterocycles. The molecule has 2 aliphatic rings. The zero-order valence-corrected chi connectivity index (χ0v) is 18.8. The number of carbonyl (C=O) groups excluding carboxylic acids is 2. The van der Waals surface area contributed by atoms with Crippen LogP contribution >= 0.6 is 0 Å². The average molecular weight is 420 g/mol. The van der Waals surface area contributed by atoms with Crippen molar-refractivity contribution in [2.24, 2.45) is 0 Å². The van der Waals surface area contributed by atoms with Crippen LogP contribution in [-0.2, 0) is 9.59 Å². The SMILES string of the molecule is CC(C)(C)NC(=O)C[NH+]1CCC[NH+](CC(=O)N2CCN(c3cccc[nH+]3)CC2)CC1. The Hall–Kier alpha value is -2.19. The molecule has 166 valence electrons. The maximum Gasteiger partial charge on any atom is 0.278 e. The minimum Gasteiger partial charge on any atom is -0.347 e. The molecule has 2 unspecified atom stereocenters. The number of quaternary nitrogens is 2. The van der Waals surface area contributed by atoms with Gasteiger partial charge in [-0.15, -0.1) is 0 Å². The molecule has 0 radical (unpaired) electrons. The van der Waals surface area contributed by atoms with Gasteiger partial charge in [0.2, 0.25) is 0 Å². The Morgan fingerprint density at radius 2 is 1.67 bits per heavy atom. The van der Waals surface area contributed by atoms with E-state index in [4.69, 9.17) is 0 Å². The zero-order valence-electron chi connectivity index (χ0n) is 18.8. The van der Waals surface area contributed by atoms with Gasteiger partial charge in [0.05, 0.1) is 32.4 Å². The summed E-state index contributed by atoms with van der Waals surface area (Å²) in [5, 5.41) is 3.06. The molecule has 1 aromatic rings. The first kappa shape index (κ1) is 22.5. The molecule has 2 amide bonds. The number of hydrogen-bond acceptors (Lipinski definition) is 3. The summed E-state index contributed by atoms with van der Waals surface area (Å²) in [7, 11) is 0. The summed E-state index contributed by atoms with van der Waals surface area (Å²) in [6.45, 7) is 14.3. The van der Waals surface area contributed by atoms with E-state index in [0.717, 1.165) is 64.6 Å². The Labute approximate surface area is 180 Å². The summed E-state index contributed by atoms with van der Waals surface area (Å²) in [5.74, 6) is 1.49. The molecule has 0 spiro atoms. The molecular formula is C22H39N6O2+3. The number of nitrogens with zero attached hydrogens (tertiary/aromatic N) is 2. The van der Waals surface area contributed by atoms with Crippen molar-refractivity contribution in [2.75, 3.05) is 70.3 Å². The normalized spacial score (nSPS) is 23.0. The largest absolute Gasteiger partial charge is 0.347 e. The fourth-order valence-electron chi connectivity index (χ4n) is 4.34. The standard InChI is InChI=1S/C22H36N6O2/c1-22(2,3)24-20(29)17-25-9-6-10-26(12-11-25)18-21(30)28-15-13-27(14-16-28)19-7-4-5-8-23-19/h4-5,7-8H,6,9-18H2,1-3H3,(H,24,29)/p+3. The summed E-state index contributed by atoms with van der Waals surface area (Å²) in [4.78, 5) is 35.3. The van der Waals surface area contributed by atoms with Gasteiger partial charge in [-0.1, -0.05) is 6.07 Å². The summed E-state index contributed by atoms with van der Waals surface area (Å²) >= 11 is 0. The third kappa shape index (κ3) is 6.95. The van der Waals surface area contributed by atoms with Gasteiger partial charge < -0.3 is 20.0 Å². The molecule has 0 aromatic carbocycles. The van der Waals surface area contributed by atoms with Gasteiger partial charge in [-0.3, -0.25) is 14.5 Å². The number of hydrogen-bond donors (Lipinski definition) is 3. The maximum absolute atomic E-state index is 12.8. The van der Waals surface area contributed by atoms with Crippen LogP contribution in [0.5, 0.6) is 0 Å². The maximum atomic E-state index is 12.8. The fraction of sp³-hybridized carbons (Fsp3) is 0.682. The van der Waals surface area contributed by atoms with E-state index in [1.165, 1.54) is 9.80 Å². The van der Waals surface area contributed by atoms with Gasteiger partial charge in [0.1, 0.15) is 26.2 Å². The third-order valence-electron chi connectivity index (χ3n) is 5.88. The van der Waals surface area contributed by atoms with E-state index in [0.29, 0.717) is 13.1 Å². The highest BCUT2D eigenvalue weighted by Gasteiger charge is 2.30. The predicted octanol–water partition coefficient (Wildman–Crippen LogP) is -2.76. The van der Waals surface area contributed by atoms with E-state index in [1.807, 2.05) is 44.0 Å². The number of aromatic nitrogens is 1. The molecule has 2 aliphatic heterocycles. The van der Waals surface area contributed by atoms with E-state index in [-0.39, 0.29) is 17.4 Å². The lowest BCUT2D eigenvalue weighted by atomic mass is 10.1. The summed E-state index contributed by atoms with van der Waals surface area (Å²) in [5.41, 5.74) is -0.186. The van der Waals surface area contributed by atoms with Crippen molar-refractivity contribution in [3.63, 3.8) is 0 Å². The van der Waals surface area contributed by atoms with Crippen molar-refractivity contribution in [2.45, 2.75) is 32.7 Å². The minimum absolute atomic E-state index is 0.116. The molecule has 4 N–H and O–H groups in total. The lowest BCUT2D eigenvalue weighted by Gasteiger charge is -2.31. The lowest BCUT2D eigenvalue weighted by molar-refractivity contribution is -0.930. The van der Waals surface area contributed by atoms with E-state index in [9.17, 15) is 9.59 Å². The first-order valence-corrected chi connectivity index (χ1v) is 11.3. The predicted molar refractivity (Wildman–Crippen MR) is 115 cm³/mol. The quantitative estimate of drug-likeness (QED) is 0.484. The number of anilines is 1. The van der Waals surface area contributed by atoms with Crippen molar-refractivity contribution >= 4 is 17.6 Å². The van der Waals surface area contributed by atoms with E-state index < -0.39 is 0 Å². The lowest BCUT2D eigenvalue weighted by Crippen LogP contribution is -3.18. The molecule has 8 heteroatoms. The van der Waals surface area contributed by atoms with Gasteiger partial charge in [0.15, 0.2) is 13.1 Å². The number of carbonyl (C=O) groups is 2. The molecule has 2 fully saturated rings. The van der Waals surface area contributed by atoms with Crippen molar-refractivity contribution in [3.05, 3.63) is 24.4 Å². The van der Waals surface area contributed by atoms with Crippen molar-refractivity contribution in [1.82, 2.24) is 10.2 Å². The first-order chi connectivity index (χ1) is 14.3. The van der Waals surface area contributed by atoms with Gasteiger partial charge in [0.25, 0.3) is 17.6 Å². The molecule has 8 nitrogen and oxygen atoms in total. The summed E-state index contributed by atoms with van der Waals surface area (Å²) in [6.07, 6.45) is 2.99. The average Bonchev–Trinajstić information content (AvgIpc) is 2.92. The van der Waals surface area contributed by atoms with Gasteiger partial charge >= 0.3 is 0 Å². The van der Waals surface area contributed by atoms with Gasteiger partial charge in [-0.05, 0) is 26.8 Å². The smallest absolute Gasteiger partial charge is 0.278 e. The van der Waals surface area contributed by atoms with Crippen LogP contribution < -0.4 is 25.0 Å². The van der Waals surface area contributed by atoms with Crippen molar-refractivity contribution in [1.29, 1.82) is 0 Å². The molecular weight excluding hydrogens is 380 g/mol. The number of aromatic amines is 1. The van der Waals surface area contributed by atoms with Crippen molar-refractivity contribution < 1.29 is 24.4 Å². The molecule has 3 heterocycles. The van der Waals surface area contributed by atoms with Crippen molar-refractivity contribution in [3.8, 4) is 0 Å². The van der Waals surface area contributed by atoms with Crippen LogP contribution in [0.25, 0.3) is 0 Å². The zero-order chi connectivity index (χ0) is 21.6. The van der Waals surface area contributed by atoms with E-state index in [2.05, 4.69) is 21.3 Å². The second-order valence-electron chi connectivity index (χ2n) is 9.62. The summed E-state index contributed by atoms with van der Waals surface area (Å²) in [6, 6.07) is 6.09. The second kappa shape index (κ2) is 10.2. The third-order valence-corrected chi connectivity index (χ3v) is 5.88. The highest BCUT2D eigenvalue weighted by Crippen LogP contribution is 2.09. The monoisotopic (exact) mass is 419 g/mol. The Morgan fingerprint density at radius 3 is 2.27 bits per heavy atom. The molecule has 2 atom stereocenters. The second-order valence-corrected chi connectivity index (χ2v) is 9.62. The molecule has 1 aromatic heterocycles. The molecule has 0 saturated carbocycles. The van der Waals surface area contributed by atoms with Crippen LogP contribution in [0, 0.1) is 0 Å². The molecule has 3 rings (SSSR count). The highest BCUT2D eigenvalue weighted by atomic mass is 16.2. The highest BCUT2D eigenvalue weighted by molar-refractivity contribution is 5.78. The van der Waals surface area contributed by atoms with Gasteiger partial charge in [-0.25, -0.2) is 4.98 Å². The number of rotatable bonds is 5. The Kier molecular flexibility index (Phi) is 7.66.